The van der Waals surface area contributed by atoms with E-state index in [1.807, 2.05) is 0 Å². The van der Waals surface area contributed by atoms with Gasteiger partial charge >= 0.3 is 0 Å². The molecule has 0 radical (unpaired) electrons. The lowest BCUT2D eigenvalue weighted by atomic mass is 10.1. The van der Waals surface area contributed by atoms with Crippen molar-refractivity contribution < 1.29 is 0 Å². The van der Waals surface area contributed by atoms with E-state index in [9.17, 15) is 0 Å². The standard InChI is InChI=1S/C18H15P.C11H16/c1-4-10-16(11-5-1)19(17-12-6-2-7-13-17)18-14-8-3-9-15-18;1-3-4-5-11-8-6-10(2)7-9-11/h1-15H;6-9H,3-5H2,1-2H3. The molecule has 0 nitrogen and oxygen atoms in total. The highest BCUT2D eigenvalue weighted by Crippen LogP contribution is 2.32. The minimum atomic E-state index is -0.446. The molecule has 0 heterocycles. The second-order valence-corrected chi connectivity index (χ2v) is 9.65. The van der Waals surface area contributed by atoms with Crippen LogP contribution in [0, 0.1) is 6.92 Å². The molecular weight excluding hydrogens is 379 g/mol. The molecule has 0 aliphatic heterocycles. The molecule has 30 heavy (non-hydrogen) atoms. The Kier molecular flexibility index (Phi) is 8.88. The van der Waals surface area contributed by atoms with Crippen molar-refractivity contribution in [2.45, 2.75) is 33.1 Å². The van der Waals surface area contributed by atoms with Crippen molar-refractivity contribution >= 4 is 23.8 Å². The van der Waals surface area contributed by atoms with Crippen molar-refractivity contribution in [3.8, 4) is 0 Å². The molecule has 0 bridgehead atoms. The van der Waals surface area contributed by atoms with E-state index in [-0.39, 0.29) is 0 Å². The third-order valence-corrected chi connectivity index (χ3v) is 7.43. The second kappa shape index (κ2) is 12.1. The molecule has 152 valence electrons. The van der Waals surface area contributed by atoms with Crippen LogP contribution in [-0.4, -0.2) is 0 Å². The number of hydrogen-bond donors (Lipinski definition) is 0. The van der Waals surface area contributed by atoms with Gasteiger partial charge in [-0.15, -0.1) is 0 Å². The maximum Gasteiger partial charge on any atom is -0.0134 e. The summed E-state index contributed by atoms with van der Waals surface area (Å²) >= 11 is 0. The normalized spacial score (nSPS) is 10.4. The minimum absolute atomic E-state index is 0.446. The van der Waals surface area contributed by atoms with Crippen LogP contribution in [-0.2, 0) is 6.42 Å². The Morgan fingerprint density at radius 1 is 0.533 bits per heavy atom. The molecule has 0 aliphatic rings. The molecule has 0 unspecified atom stereocenters. The van der Waals surface area contributed by atoms with Crippen molar-refractivity contribution in [2.24, 2.45) is 0 Å². The lowest BCUT2D eigenvalue weighted by Crippen LogP contribution is -2.20. The van der Waals surface area contributed by atoms with Gasteiger partial charge in [-0.3, -0.25) is 0 Å². The summed E-state index contributed by atoms with van der Waals surface area (Å²) in [5.74, 6) is 0. The Morgan fingerprint density at radius 3 is 1.30 bits per heavy atom. The van der Waals surface area contributed by atoms with Gasteiger partial charge in [-0.1, -0.05) is 134 Å². The fourth-order valence-electron chi connectivity index (χ4n) is 3.31. The second-order valence-electron chi connectivity index (χ2n) is 7.43. The zero-order valence-corrected chi connectivity index (χ0v) is 18.9. The fraction of sp³-hybridized carbons (Fsp3) is 0.172. The molecule has 4 aromatic carbocycles. The molecule has 1 heteroatoms. The highest BCUT2D eigenvalue weighted by Gasteiger charge is 2.14. The van der Waals surface area contributed by atoms with E-state index >= 15 is 0 Å². The number of hydrogen-bond acceptors (Lipinski definition) is 0. The largest absolute Gasteiger partial charge is 0.0654 e. The number of rotatable bonds is 6. The Bertz CT molecular complexity index is 867. The lowest BCUT2D eigenvalue weighted by molar-refractivity contribution is 0.795. The lowest BCUT2D eigenvalue weighted by Gasteiger charge is -2.18. The molecule has 0 atom stereocenters. The average molecular weight is 411 g/mol. The molecule has 0 fully saturated rings. The number of unbranched alkanes of at least 4 members (excludes halogenated alkanes) is 1. The van der Waals surface area contributed by atoms with Crippen LogP contribution in [0.25, 0.3) is 0 Å². The van der Waals surface area contributed by atoms with Crippen LogP contribution in [0.15, 0.2) is 115 Å². The highest BCUT2D eigenvalue weighted by atomic mass is 31.1. The zero-order chi connectivity index (χ0) is 21.0. The van der Waals surface area contributed by atoms with Crippen molar-refractivity contribution in [3.63, 3.8) is 0 Å². The topological polar surface area (TPSA) is 0 Å². The van der Waals surface area contributed by atoms with Gasteiger partial charge in [0, 0.05) is 0 Å². The molecule has 0 N–H and O–H groups in total. The van der Waals surface area contributed by atoms with E-state index in [0.29, 0.717) is 0 Å². The Labute approximate surface area is 183 Å². The molecule has 0 amide bonds. The van der Waals surface area contributed by atoms with Crippen LogP contribution in [0.5, 0.6) is 0 Å². The van der Waals surface area contributed by atoms with Gasteiger partial charge in [0.2, 0.25) is 0 Å². The minimum Gasteiger partial charge on any atom is -0.0654 e. The van der Waals surface area contributed by atoms with Gasteiger partial charge < -0.3 is 0 Å². The molecule has 0 saturated carbocycles. The summed E-state index contributed by atoms with van der Waals surface area (Å²) in [5.41, 5.74) is 2.82. The fourth-order valence-corrected chi connectivity index (χ4v) is 5.62. The summed E-state index contributed by atoms with van der Waals surface area (Å²) in [6.07, 6.45) is 3.83. The van der Waals surface area contributed by atoms with Gasteiger partial charge in [-0.2, -0.15) is 0 Å². The van der Waals surface area contributed by atoms with Crippen molar-refractivity contribution in [3.05, 3.63) is 126 Å². The summed E-state index contributed by atoms with van der Waals surface area (Å²) in [5, 5.41) is 4.19. The molecule has 0 spiro atoms. The van der Waals surface area contributed by atoms with E-state index in [1.54, 1.807) is 0 Å². The highest BCUT2D eigenvalue weighted by molar-refractivity contribution is 7.79. The predicted molar refractivity (Wildman–Crippen MR) is 135 cm³/mol. The van der Waals surface area contributed by atoms with E-state index in [4.69, 9.17) is 0 Å². The first-order valence-corrected chi connectivity index (χ1v) is 12.1. The predicted octanol–water partition coefficient (Wildman–Crippen LogP) is 6.78. The molecule has 0 aliphatic carbocycles. The molecule has 0 aromatic heterocycles. The summed E-state index contributed by atoms with van der Waals surface area (Å²) < 4.78 is 0. The van der Waals surface area contributed by atoms with Crippen molar-refractivity contribution in [2.75, 3.05) is 0 Å². The van der Waals surface area contributed by atoms with Gasteiger partial charge in [-0.05, 0) is 49.2 Å². The third-order valence-electron chi connectivity index (χ3n) is 4.98. The smallest absolute Gasteiger partial charge is 0.0134 e. The number of benzene rings is 4. The first kappa shape index (κ1) is 22.0. The van der Waals surface area contributed by atoms with Gasteiger partial charge in [0.1, 0.15) is 0 Å². The van der Waals surface area contributed by atoms with Gasteiger partial charge in [-0.25, -0.2) is 0 Å². The summed E-state index contributed by atoms with van der Waals surface area (Å²) in [6.45, 7) is 4.36. The van der Waals surface area contributed by atoms with Crippen LogP contribution in [0.3, 0.4) is 0 Å². The Balaban J connectivity index is 0.000000199. The monoisotopic (exact) mass is 410 g/mol. The van der Waals surface area contributed by atoms with E-state index in [2.05, 4.69) is 129 Å². The summed E-state index contributed by atoms with van der Waals surface area (Å²) in [6, 6.07) is 41.2. The molecule has 4 aromatic rings. The SMILES string of the molecule is CCCCc1ccc(C)cc1.c1ccc(P(c2ccccc2)c2ccccc2)cc1. The summed E-state index contributed by atoms with van der Waals surface area (Å²) in [4.78, 5) is 0. The molecular formula is C29H31P. The molecule has 0 saturated heterocycles. The van der Waals surface area contributed by atoms with Crippen LogP contribution < -0.4 is 15.9 Å². The third kappa shape index (κ3) is 6.68. The van der Waals surface area contributed by atoms with E-state index < -0.39 is 7.92 Å². The van der Waals surface area contributed by atoms with Gasteiger partial charge in [0.25, 0.3) is 0 Å². The van der Waals surface area contributed by atoms with Crippen LogP contribution in [0.2, 0.25) is 0 Å². The van der Waals surface area contributed by atoms with E-state index in [1.165, 1.54) is 46.3 Å². The quantitative estimate of drug-likeness (QED) is 0.307. The molecule has 4 rings (SSSR count). The summed E-state index contributed by atoms with van der Waals surface area (Å²) in [7, 11) is -0.446. The maximum atomic E-state index is 2.23. The average Bonchev–Trinajstić information content (AvgIpc) is 2.82. The Hall–Kier alpha value is -2.69. The Morgan fingerprint density at radius 2 is 0.933 bits per heavy atom. The van der Waals surface area contributed by atoms with Crippen LogP contribution in [0.1, 0.15) is 30.9 Å². The first-order chi connectivity index (χ1) is 14.8. The van der Waals surface area contributed by atoms with Crippen LogP contribution in [0.4, 0.5) is 0 Å². The van der Waals surface area contributed by atoms with Gasteiger partial charge in [0.05, 0.1) is 0 Å². The van der Waals surface area contributed by atoms with Crippen molar-refractivity contribution in [1.29, 1.82) is 0 Å². The van der Waals surface area contributed by atoms with Crippen molar-refractivity contribution in [1.82, 2.24) is 0 Å². The van der Waals surface area contributed by atoms with E-state index in [0.717, 1.165) is 0 Å². The maximum absolute atomic E-state index is 2.23. The first-order valence-electron chi connectivity index (χ1n) is 10.8. The zero-order valence-electron chi connectivity index (χ0n) is 18.0. The van der Waals surface area contributed by atoms with Gasteiger partial charge in [0.15, 0.2) is 0 Å². The number of aryl methyl sites for hydroxylation is 2. The van der Waals surface area contributed by atoms with Crippen LogP contribution >= 0.6 is 7.92 Å².